The smallest absolute Gasteiger partial charge is 0.339 e. The van der Waals surface area contributed by atoms with Crippen LogP contribution in [0.1, 0.15) is 17.0 Å². The molecule has 0 N–H and O–H groups in total. The minimum Gasteiger partial charge on any atom is -0.486 e. The topological polar surface area (TPSA) is 94.6 Å². The first-order valence-electron chi connectivity index (χ1n) is 7.92. The Morgan fingerprint density at radius 2 is 2.00 bits per heavy atom. The zero-order valence-corrected chi connectivity index (χ0v) is 14.3. The molecule has 3 rings (SSSR count). The van der Waals surface area contributed by atoms with Gasteiger partial charge in [-0.15, -0.1) is 0 Å². The number of nitrogens with zero attached hydrogens (tertiary/aromatic N) is 3. The maximum absolute atomic E-state index is 12.3. The van der Waals surface area contributed by atoms with E-state index in [-0.39, 0.29) is 24.1 Å². The molecule has 0 aromatic carbocycles. The van der Waals surface area contributed by atoms with E-state index in [1.54, 1.807) is 31.7 Å². The summed E-state index contributed by atoms with van der Waals surface area (Å²) in [7, 11) is 0. The average Bonchev–Trinajstić information content (AvgIpc) is 2.50. The number of rotatable bonds is 4. The monoisotopic (exact) mass is 345 g/mol. The molecule has 0 unspecified atom stereocenters. The van der Waals surface area contributed by atoms with Crippen molar-refractivity contribution < 1.29 is 13.9 Å². The summed E-state index contributed by atoms with van der Waals surface area (Å²) in [6.07, 6.45) is 1.21. The van der Waals surface area contributed by atoms with Crippen LogP contribution in [0.2, 0.25) is 0 Å². The maximum atomic E-state index is 12.3. The molecular formula is C17H19N3O5. The Balaban J connectivity index is 1.57. The van der Waals surface area contributed by atoms with Crippen molar-refractivity contribution in [3.63, 3.8) is 0 Å². The van der Waals surface area contributed by atoms with Gasteiger partial charge in [0, 0.05) is 17.3 Å². The number of hydrogen-bond acceptors (Lipinski definition) is 6. The van der Waals surface area contributed by atoms with Gasteiger partial charge in [0.05, 0.1) is 25.5 Å². The number of ether oxygens (including phenoxy) is 1. The molecular weight excluding hydrogens is 326 g/mol. The number of likely N-dealkylation sites (tertiary alicyclic amines) is 1. The van der Waals surface area contributed by atoms with Crippen LogP contribution in [-0.2, 0) is 11.3 Å². The highest BCUT2D eigenvalue weighted by Crippen LogP contribution is 2.18. The zero-order valence-electron chi connectivity index (χ0n) is 14.3. The van der Waals surface area contributed by atoms with Crippen LogP contribution >= 0.6 is 0 Å². The van der Waals surface area contributed by atoms with Crippen LogP contribution in [0, 0.1) is 20.8 Å². The standard InChI is InChI=1S/C17H19N3O5/c1-10-4-13(5-16(22)24-10)25-14-6-19(7-14)15(21)8-20-9-18-12(3)11(2)17(20)23/h4-5,9,14H,6-8H2,1-3H3. The fourth-order valence-electron chi connectivity index (χ4n) is 2.59. The molecule has 132 valence electrons. The van der Waals surface area contributed by atoms with E-state index in [0.29, 0.717) is 35.9 Å². The molecule has 25 heavy (non-hydrogen) atoms. The highest BCUT2D eigenvalue weighted by atomic mass is 16.5. The summed E-state index contributed by atoms with van der Waals surface area (Å²) in [5.41, 5.74) is 0.525. The number of carbonyl (C=O) groups is 1. The van der Waals surface area contributed by atoms with Crippen molar-refractivity contribution in [3.8, 4) is 5.75 Å². The molecule has 1 aliphatic heterocycles. The van der Waals surface area contributed by atoms with Gasteiger partial charge in [0.2, 0.25) is 5.91 Å². The molecule has 0 bridgehead atoms. The summed E-state index contributed by atoms with van der Waals surface area (Å²) in [6.45, 7) is 5.88. The van der Waals surface area contributed by atoms with Gasteiger partial charge < -0.3 is 14.1 Å². The second-order valence-corrected chi connectivity index (χ2v) is 6.15. The molecule has 1 aliphatic rings. The van der Waals surface area contributed by atoms with Crippen molar-refractivity contribution in [2.45, 2.75) is 33.4 Å². The SMILES string of the molecule is Cc1cc(OC2CN(C(=O)Cn3cnc(C)c(C)c3=O)C2)cc(=O)o1. The van der Waals surface area contributed by atoms with E-state index in [0.717, 1.165) is 0 Å². The summed E-state index contributed by atoms with van der Waals surface area (Å²) >= 11 is 0. The first kappa shape index (κ1) is 16.9. The van der Waals surface area contributed by atoms with Crippen LogP contribution in [0.3, 0.4) is 0 Å². The predicted molar refractivity (Wildman–Crippen MR) is 88.7 cm³/mol. The van der Waals surface area contributed by atoms with Crippen LogP contribution < -0.4 is 15.9 Å². The van der Waals surface area contributed by atoms with Gasteiger partial charge in [0.1, 0.15) is 24.2 Å². The lowest BCUT2D eigenvalue weighted by Crippen LogP contribution is -2.57. The molecule has 0 spiro atoms. The van der Waals surface area contributed by atoms with E-state index >= 15 is 0 Å². The first-order chi connectivity index (χ1) is 11.8. The van der Waals surface area contributed by atoms with E-state index in [9.17, 15) is 14.4 Å². The Bertz CT molecular complexity index is 925. The largest absolute Gasteiger partial charge is 0.486 e. The van der Waals surface area contributed by atoms with Crippen molar-refractivity contribution in [1.29, 1.82) is 0 Å². The third kappa shape index (κ3) is 3.62. The van der Waals surface area contributed by atoms with Gasteiger partial charge in [0.25, 0.3) is 5.56 Å². The third-order valence-corrected chi connectivity index (χ3v) is 4.19. The van der Waals surface area contributed by atoms with Gasteiger partial charge in [-0.25, -0.2) is 9.78 Å². The van der Waals surface area contributed by atoms with Gasteiger partial charge in [-0.05, 0) is 20.8 Å². The molecule has 8 nitrogen and oxygen atoms in total. The fourth-order valence-corrected chi connectivity index (χ4v) is 2.59. The molecule has 0 aliphatic carbocycles. The van der Waals surface area contributed by atoms with E-state index in [4.69, 9.17) is 9.15 Å². The summed E-state index contributed by atoms with van der Waals surface area (Å²) in [6, 6.07) is 2.91. The van der Waals surface area contributed by atoms with Crippen LogP contribution in [-0.4, -0.2) is 39.6 Å². The molecule has 0 atom stereocenters. The quantitative estimate of drug-likeness (QED) is 0.797. The van der Waals surface area contributed by atoms with Gasteiger partial charge in [0.15, 0.2) is 0 Å². The van der Waals surface area contributed by atoms with Crippen LogP contribution in [0.15, 0.2) is 32.5 Å². The maximum Gasteiger partial charge on any atom is 0.339 e. The molecule has 1 fully saturated rings. The lowest BCUT2D eigenvalue weighted by atomic mass is 10.1. The Labute approximate surface area is 143 Å². The van der Waals surface area contributed by atoms with Gasteiger partial charge in [-0.2, -0.15) is 0 Å². The third-order valence-electron chi connectivity index (χ3n) is 4.19. The van der Waals surface area contributed by atoms with Crippen LogP contribution in [0.25, 0.3) is 0 Å². The second kappa shape index (κ2) is 6.54. The second-order valence-electron chi connectivity index (χ2n) is 6.15. The van der Waals surface area contributed by atoms with Gasteiger partial charge in [-0.1, -0.05) is 0 Å². The van der Waals surface area contributed by atoms with Crippen molar-refractivity contribution in [2.75, 3.05) is 13.1 Å². The van der Waals surface area contributed by atoms with E-state index < -0.39 is 5.63 Å². The molecule has 2 aromatic heterocycles. The van der Waals surface area contributed by atoms with Crippen molar-refractivity contribution in [1.82, 2.24) is 14.5 Å². The zero-order chi connectivity index (χ0) is 18.1. The molecule has 0 radical (unpaired) electrons. The summed E-state index contributed by atoms with van der Waals surface area (Å²) < 4.78 is 11.8. The lowest BCUT2D eigenvalue weighted by molar-refractivity contribution is -0.140. The minimum absolute atomic E-state index is 0.0479. The normalized spacial score (nSPS) is 14.3. The van der Waals surface area contributed by atoms with E-state index in [2.05, 4.69) is 4.98 Å². The lowest BCUT2D eigenvalue weighted by Gasteiger charge is -2.39. The number of hydrogen-bond donors (Lipinski definition) is 0. The van der Waals surface area contributed by atoms with Gasteiger partial charge in [-0.3, -0.25) is 14.2 Å². The Kier molecular flexibility index (Phi) is 4.43. The Morgan fingerprint density at radius 1 is 1.28 bits per heavy atom. The van der Waals surface area contributed by atoms with Crippen molar-refractivity contribution in [2.24, 2.45) is 0 Å². The molecule has 1 amide bonds. The Morgan fingerprint density at radius 3 is 2.68 bits per heavy atom. The first-order valence-corrected chi connectivity index (χ1v) is 7.92. The minimum atomic E-state index is -0.469. The summed E-state index contributed by atoms with van der Waals surface area (Å²) in [5.74, 6) is 0.729. The average molecular weight is 345 g/mol. The van der Waals surface area contributed by atoms with E-state index in [1.807, 2.05) is 0 Å². The van der Waals surface area contributed by atoms with E-state index in [1.165, 1.54) is 17.0 Å². The number of amides is 1. The number of aryl methyl sites for hydroxylation is 2. The summed E-state index contributed by atoms with van der Waals surface area (Å²) in [5, 5.41) is 0. The molecule has 1 saturated heterocycles. The molecule has 3 heterocycles. The summed E-state index contributed by atoms with van der Waals surface area (Å²) in [4.78, 5) is 41.4. The van der Waals surface area contributed by atoms with Crippen LogP contribution in [0.4, 0.5) is 0 Å². The molecule has 8 heteroatoms. The van der Waals surface area contributed by atoms with Crippen molar-refractivity contribution in [3.05, 3.63) is 56.3 Å². The fraction of sp³-hybridized carbons (Fsp3) is 0.412. The van der Waals surface area contributed by atoms with Crippen molar-refractivity contribution >= 4 is 5.91 Å². The highest BCUT2D eigenvalue weighted by Gasteiger charge is 2.32. The predicted octanol–water partition coefficient (Wildman–Crippen LogP) is 0.412. The molecule has 0 saturated carbocycles. The Hall–Kier alpha value is -2.90. The number of carbonyl (C=O) groups excluding carboxylic acids is 1. The highest BCUT2D eigenvalue weighted by molar-refractivity contribution is 5.77. The number of aromatic nitrogens is 2. The molecule has 2 aromatic rings. The van der Waals surface area contributed by atoms with Crippen LogP contribution in [0.5, 0.6) is 5.75 Å². The van der Waals surface area contributed by atoms with Gasteiger partial charge >= 0.3 is 5.63 Å².